The van der Waals surface area contributed by atoms with Crippen molar-refractivity contribution in [3.8, 4) is 11.6 Å². The molecule has 0 aliphatic carbocycles. The highest BCUT2D eigenvalue weighted by atomic mass is 16.7. The molecule has 2 unspecified atom stereocenters. The van der Waals surface area contributed by atoms with E-state index >= 15 is 0 Å². The molecule has 1 rings (SSSR count). The third-order valence-corrected chi connectivity index (χ3v) is 3.81. The molecule has 0 radical (unpaired) electrons. The zero-order chi connectivity index (χ0) is 19.0. The Morgan fingerprint density at radius 2 is 1.50 bits per heavy atom. The number of rotatable bonds is 16. The standard InChI is InChI=1S/C21H33NO4/c1-5-9-11-13-20(23-7-3)25-18-15-16-22-19(17-18)26-21(24-8-4)14-12-10-6-2/h7-8,15-17,20-21H,3-6,9-14H2,1-2H3. The average molecular weight is 363 g/mol. The highest BCUT2D eigenvalue weighted by Gasteiger charge is 2.14. The van der Waals surface area contributed by atoms with Gasteiger partial charge in [-0.1, -0.05) is 52.7 Å². The molecule has 0 saturated carbocycles. The lowest BCUT2D eigenvalue weighted by atomic mass is 10.2. The van der Waals surface area contributed by atoms with Crippen molar-refractivity contribution >= 4 is 0 Å². The topological polar surface area (TPSA) is 49.8 Å². The van der Waals surface area contributed by atoms with E-state index in [9.17, 15) is 0 Å². The molecular formula is C21H33NO4. The van der Waals surface area contributed by atoms with Crippen molar-refractivity contribution in [3.05, 3.63) is 44.0 Å². The maximum absolute atomic E-state index is 5.91. The Kier molecular flexibility index (Phi) is 11.8. The second-order valence-corrected chi connectivity index (χ2v) is 6.02. The van der Waals surface area contributed by atoms with Crippen LogP contribution < -0.4 is 9.47 Å². The second-order valence-electron chi connectivity index (χ2n) is 6.02. The molecule has 0 aliphatic heterocycles. The molecule has 0 amide bonds. The Hall–Kier alpha value is -2.17. The summed E-state index contributed by atoms with van der Waals surface area (Å²) in [7, 11) is 0. The molecule has 1 heterocycles. The first-order valence-corrected chi connectivity index (χ1v) is 9.55. The maximum Gasteiger partial charge on any atom is 0.242 e. The summed E-state index contributed by atoms with van der Waals surface area (Å²) in [6.07, 6.45) is 11.9. The molecule has 5 heteroatoms. The number of unbranched alkanes of at least 4 members (excludes halogenated alkanes) is 4. The Balaban J connectivity index is 2.65. The first-order chi connectivity index (χ1) is 12.7. The molecular weight excluding hydrogens is 330 g/mol. The molecule has 0 bridgehead atoms. The number of hydrogen-bond acceptors (Lipinski definition) is 5. The van der Waals surface area contributed by atoms with Crippen LogP contribution in [0.5, 0.6) is 11.6 Å². The normalized spacial score (nSPS) is 12.7. The quantitative estimate of drug-likeness (QED) is 0.206. The molecule has 0 N–H and O–H groups in total. The number of pyridine rings is 1. The Morgan fingerprint density at radius 3 is 2.04 bits per heavy atom. The fraction of sp³-hybridized carbons (Fsp3) is 0.571. The minimum atomic E-state index is -0.397. The first kappa shape index (κ1) is 21.9. The van der Waals surface area contributed by atoms with Gasteiger partial charge in [-0.25, -0.2) is 4.98 Å². The van der Waals surface area contributed by atoms with Gasteiger partial charge in [0, 0.05) is 25.1 Å². The fourth-order valence-electron chi connectivity index (χ4n) is 2.46. The third-order valence-electron chi connectivity index (χ3n) is 3.81. The molecule has 0 fully saturated rings. The van der Waals surface area contributed by atoms with Gasteiger partial charge in [0.05, 0.1) is 12.5 Å². The van der Waals surface area contributed by atoms with Gasteiger partial charge >= 0.3 is 0 Å². The van der Waals surface area contributed by atoms with Crippen LogP contribution in [0, 0.1) is 0 Å². The van der Waals surface area contributed by atoms with Gasteiger partial charge in [0.2, 0.25) is 18.5 Å². The average Bonchev–Trinajstić information content (AvgIpc) is 2.63. The predicted octanol–water partition coefficient (Wildman–Crippen LogP) is 5.97. The van der Waals surface area contributed by atoms with Crippen LogP contribution in [0.2, 0.25) is 0 Å². The largest absolute Gasteiger partial charge is 0.463 e. The van der Waals surface area contributed by atoms with E-state index in [0.29, 0.717) is 11.6 Å². The molecule has 146 valence electrons. The molecule has 0 saturated heterocycles. The SMILES string of the molecule is C=COC(CCCCC)Oc1ccnc(OC(CCCCC)OC=C)c1. The fourth-order valence-corrected chi connectivity index (χ4v) is 2.46. The van der Waals surface area contributed by atoms with Crippen molar-refractivity contribution in [2.24, 2.45) is 0 Å². The van der Waals surface area contributed by atoms with Crippen molar-refractivity contribution < 1.29 is 18.9 Å². The summed E-state index contributed by atoms with van der Waals surface area (Å²) < 4.78 is 22.6. The van der Waals surface area contributed by atoms with E-state index in [4.69, 9.17) is 18.9 Å². The molecule has 26 heavy (non-hydrogen) atoms. The summed E-state index contributed by atoms with van der Waals surface area (Å²) in [4.78, 5) is 4.24. The summed E-state index contributed by atoms with van der Waals surface area (Å²) in [6, 6.07) is 3.53. The van der Waals surface area contributed by atoms with Crippen LogP contribution in [-0.4, -0.2) is 17.6 Å². The first-order valence-electron chi connectivity index (χ1n) is 9.55. The maximum atomic E-state index is 5.91. The van der Waals surface area contributed by atoms with Crippen molar-refractivity contribution in [2.75, 3.05) is 0 Å². The summed E-state index contributed by atoms with van der Waals surface area (Å²) in [5.41, 5.74) is 0. The van der Waals surface area contributed by atoms with E-state index in [0.717, 1.165) is 51.4 Å². The molecule has 1 aromatic heterocycles. The molecule has 5 nitrogen and oxygen atoms in total. The van der Waals surface area contributed by atoms with Crippen LogP contribution in [0.1, 0.15) is 65.2 Å². The lowest BCUT2D eigenvalue weighted by molar-refractivity contribution is -0.0423. The Labute approximate surface area is 158 Å². The Morgan fingerprint density at radius 1 is 0.923 bits per heavy atom. The molecule has 2 atom stereocenters. The van der Waals surface area contributed by atoms with Crippen LogP contribution in [0.15, 0.2) is 44.0 Å². The van der Waals surface area contributed by atoms with Gasteiger partial charge in [-0.3, -0.25) is 0 Å². The highest BCUT2D eigenvalue weighted by molar-refractivity contribution is 5.26. The predicted molar refractivity (Wildman–Crippen MR) is 104 cm³/mol. The number of hydrogen-bond donors (Lipinski definition) is 0. The molecule has 0 spiro atoms. The highest BCUT2D eigenvalue weighted by Crippen LogP contribution is 2.22. The van der Waals surface area contributed by atoms with E-state index in [1.165, 1.54) is 12.5 Å². The molecule has 1 aromatic rings. The minimum absolute atomic E-state index is 0.362. The van der Waals surface area contributed by atoms with E-state index in [2.05, 4.69) is 32.0 Å². The summed E-state index contributed by atoms with van der Waals surface area (Å²) >= 11 is 0. The van der Waals surface area contributed by atoms with Gasteiger partial charge < -0.3 is 18.9 Å². The lowest BCUT2D eigenvalue weighted by Crippen LogP contribution is -2.20. The molecule has 0 aliphatic rings. The van der Waals surface area contributed by atoms with Gasteiger partial charge in [0.15, 0.2) is 0 Å². The third kappa shape index (κ3) is 9.35. The summed E-state index contributed by atoms with van der Waals surface area (Å²) in [5, 5.41) is 0. The zero-order valence-electron chi connectivity index (χ0n) is 16.2. The number of nitrogens with zero attached hydrogens (tertiary/aromatic N) is 1. The van der Waals surface area contributed by atoms with Gasteiger partial charge in [-0.15, -0.1) is 0 Å². The van der Waals surface area contributed by atoms with Crippen LogP contribution >= 0.6 is 0 Å². The van der Waals surface area contributed by atoms with Gasteiger partial charge in [-0.05, 0) is 18.9 Å². The smallest absolute Gasteiger partial charge is 0.242 e. The van der Waals surface area contributed by atoms with E-state index in [-0.39, 0.29) is 6.29 Å². The van der Waals surface area contributed by atoms with Crippen LogP contribution in [0.4, 0.5) is 0 Å². The number of aromatic nitrogens is 1. The monoisotopic (exact) mass is 363 g/mol. The van der Waals surface area contributed by atoms with E-state index in [1.54, 1.807) is 18.3 Å². The van der Waals surface area contributed by atoms with Crippen LogP contribution in [0.25, 0.3) is 0 Å². The van der Waals surface area contributed by atoms with Crippen molar-refractivity contribution in [1.29, 1.82) is 0 Å². The van der Waals surface area contributed by atoms with Crippen molar-refractivity contribution in [2.45, 2.75) is 77.8 Å². The van der Waals surface area contributed by atoms with Crippen molar-refractivity contribution in [1.82, 2.24) is 4.98 Å². The second kappa shape index (κ2) is 14.0. The Bertz CT molecular complexity index is 465. The summed E-state index contributed by atoms with van der Waals surface area (Å²) in [6.45, 7) is 11.6. The summed E-state index contributed by atoms with van der Waals surface area (Å²) in [5.74, 6) is 1.10. The van der Waals surface area contributed by atoms with Gasteiger partial charge in [0.1, 0.15) is 5.75 Å². The zero-order valence-corrected chi connectivity index (χ0v) is 16.2. The number of ether oxygens (including phenoxy) is 4. The van der Waals surface area contributed by atoms with Gasteiger partial charge in [-0.2, -0.15) is 0 Å². The lowest BCUT2D eigenvalue weighted by Gasteiger charge is -2.20. The van der Waals surface area contributed by atoms with Crippen molar-refractivity contribution in [3.63, 3.8) is 0 Å². The van der Waals surface area contributed by atoms with E-state index in [1.807, 2.05) is 0 Å². The minimum Gasteiger partial charge on any atom is -0.463 e. The van der Waals surface area contributed by atoms with Crippen LogP contribution in [0.3, 0.4) is 0 Å². The van der Waals surface area contributed by atoms with Gasteiger partial charge in [0.25, 0.3) is 0 Å². The van der Waals surface area contributed by atoms with E-state index < -0.39 is 6.29 Å². The van der Waals surface area contributed by atoms with Crippen LogP contribution in [-0.2, 0) is 9.47 Å². The molecule has 0 aromatic carbocycles.